The van der Waals surface area contributed by atoms with E-state index in [2.05, 4.69) is 5.16 Å². The minimum absolute atomic E-state index is 0.126. The number of rotatable bonds is 6. The van der Waals surface area contributed by atoms with Crippen molar-refractivity contribution in [1.82, 2.24) is 10.1 Å². The number of aryl methyl sites for hydroxylation is 1. The van der Waals surface area contributed by atoms with Crippen LogP contribution in [0.3, 0.4) is 0 Å². The average molecular weight is 374 g/mol. The topological polar surface area (TPSA) is 72.6 Å². The summed E-state index contributed by atoms with van der Waals surface area (Å²) < 4.78 is 10.5. The van der Waals surface area contributed by atoms with Gasteiger partial charge in [0.1, 0.15) is 5.76 Å². The first-order valence-electron chi connectivity index (χ1n) is 8.68. The molecule has 3 rings (SSSR count). The van der Waals surface area contributed by atoms with E-state index in [1.54, 1.807) is 24.0 Å². The summed E-state index contributed by atoms with van der Waals surface area (Å²) in [5.41, 5.74) is 1.27. The van der Waals surface area contributed by atoms with Crippen LogP contribution in [0.1, 0.15) is 41.6 Å². The molecule has 1 amide bonds. The molecule has 2 heterocycles. The zero-order chi connectivity index (χ0) is 18.5. The van der Waals surface area contributed by atoms with Gasteiger partial charge in [-0.15, -0.1) is 11.8 Å². The van der Waals surface area contributed by atoms with Gasteiger partial charge in [-0.05, 0) is 38.8 Å². The maximum atomic E-state index is 12.6. The fourth-order valence-electron chi connectivity index (χ4n) is 2.87. The lowest BCUT2D eigenvalue weighted by Gasteiger charge is -2.20. The largest absolute Gasteiger partial charge is 0.449 e. The van der Waals surface area contributed by atoms with Crippen LogP contribution in [0.15, 0.2) is 39.8 Å². The minimum Gasteiger partial charge on any atom is -0.449 e. The van der Waals surface area contributed by atoms with E-state index in [-0.39, 0.29) is 5.91 Å². The molecule has 138 valence electrons. The number of likely N-dealkylation sites (tertiary alicyclic amines) is 1. The number of benzene rings is 1. The minimum atomic E-state index is -0.781. The van der Waals surface area contributed by atoms with Crippen molar-refractivity contribution in [3.63, 3.8) is 0 Å². The van der Waals surface area contributed by atoms with E-state index in [4.69, 9.17) is 9.26 Å². The Labute approximate surface area is 156 Å². The molecule has 1 fully saturated rings. The summed E-state index contributed by atoms with van der Waals surface area (Å²) >= 11 is 1.48. The average Bonchev–Trinajstić information content (AvgIpc) is 3.31. The van der Waals surface area contributed by atoms with Crippen molar-refractivity contribution < 1.29 is 18.8 Å². The van der Waals surface area contributed by atoms with Crippen LogP contribution in [-0.4, -0.2) is 41.1 Å². The van der Waals surface area contributed by atoms with Crippen molar-refractivity contribution in [2.75, 3.05) is 13.1 Å². The Morgan fingerprint density at radius 3 is 2.73 bits per heavy atom. The Kier molecular flexibility index (Phi) is 5.98. The van der Waals surface area contributed by atoms with Gasteiger partial charge in [-0.25, -0.2) is 4.79 Å². The van der Waals surface area contributed by atoms with Crippen LogP contribution in [0.4, 0.5) is 0 Å². The molecule has 1 aliphatic rings. The number of hydrogen-bond acceptors (Lipinski definition) is 6. The first kappa shape index (κ1) is 18.5. The number of hydrogen-bond donors (Lipinski definition) is 0. The lowest BCUT2D eigenvalue weighted by Crippen LogP contribution is -2.38. The molecule has 6 nitrogen and oxygen atoms in total. The van der Waals surface area contributed by atoms with Gasteiger partial charge in [0.25, 0.3) is 5.91 Å². The Hall–Kier alpha value is -2.28. The second kappa shape index (κ2) is 8.40. The smallest absolute Gasteiger partial charge is 0.340 e. The predicted octanol–water partition coefficient (Wildman–Crippen LogP) is 3.44. The van der Waals surface area contributed by atoms with Gasteiger partial charge >= 0.3 is 5.97 Å². The maximum Gasteiger partial charge on any atom is 0.340 e. The summed E-state index contributed by atoms with van der Waals surface area (Å²) in [4.78, 5) is 27.5. The summed E-state index contributed by atoms with van der Waals surface area (Å²) in [5, 5.41) is 3.96. The van der Waals surface area contributed by atoms with E-state index in [1.807, 2.05) is 25.1 Å². The molecule has 0 unspecified atom stereocenters. The van der Waals surface area contributed by atoms with Crippen LogP contribution in [0.2, 0.25) is 0 Å². The van der Waals surface area contributed by atoms with Gasteiger partial charge in [0.15, 0.2) is 6.10 Å². The highest BCUT2D eigenvalue weighted by molar-refractivity contribution is 7.98. The summed E-state index contributed by atoms with van der Waals surface area (Å²) in [7, 11) is 0. The van der Waals surface area contributed by atoms with Crippen LogP contribution in [0.25, 0.3) is 0 Å². The van der Waals surface area contributed by atoms with Gasteiger partial charge in [0.2, 0.25) is 0 Å². The van der Waals surface area contributed by atoms with Crippen LogP contribution in [0.5, 0.6) is 0 Å². The molecule has 0 radical (unpaired) electrons. The second-order valence-electron chi connectivity index (χ2n) is 6.29. The standard InChI is InChI=1S/C19H22N2O4S/c1-13-11-15(20-25-13)12-26-17-8-4-3-7-16(17)19(23)24-14(2)18(22)21-9-5-6-10-21/h3-4,7-8,11,14H,5-6,9-10,12H2,1-2H3/t14-/m1/s1. The summed E-state index contributed by atoms with van der Waals surface area (Å²) in [6.45, 7) is 4.95. The van der Waals surface area contributed by atoms with Gasteiger partial charge in [0.05, 0.1) is 11.3 Å². The molecule has 7 heteroatoms. The zero-order valence-electron chi connectivity index (χ0n) is 14.9. The molecule has 1 saturated heterocycles. The number of aromatic nitrogens is 1. The van der Waals surface area contributed by atoms with Crippen molar-refractivity contribution in [3.05, 3.63) is 47.3 Å². The van der Waals surface area contributed by atoms with Crippen molar-refractivity contribution in [1.29, 1.82) is 0 Å². The van der Waals surface area contributed by atoms with Gasteiger partial charge in [-0.1, -0.05) is 17.3 Å². The number of ether oxygens (including phenoxy) is 1. The van der Waals surface area contributed by atoms with Gasteiger partial charge in [-0.3, -0.25) is 4.79 Å². The van der Waals surface area contributed by atoms with Crippen LogP contribution in [0, 0.1) is 6.92 Å². The molecule has 2 aromatic rings. The lowest BCUT2D eigenvalue weighted by atomic mass is 10.2. The molecule has 1 aromatic heterocycles. The highest BCUT2D eigenvalue weighted by Gasteiger charge is 2.27. The van der Waals surface area contributed by atoms with E-state index >= 15 is 0 Å². The van der Waals surface area contributed by atoms with Crippen molar-refractivity contribution in [2.45, 2.75) is 43.4 Å². The molecule has 0 bridgehead atoms. The Morgan fingerprint density at radius 2 is 2.04 bits per heavy atom. The number of esters is 1. The molecular weight excluding hydrogens is 352 g/mol. The highest BCUT2D eigenvalue weighted by Crippen LogP contribution is 2.27. The van der Waals surface area contributed by atoms with Crippen LogP contribution < -0.4 is 0 Å². The Balaban J connectivity index is 1.64. The van der Waals surface area contributed by atoms with Gasteiger partial charge in [-0.2, -0.15) is 0 Å². The molecule has 0 spiro atoms. The van der Waals surface area contributed by atoms with E-state index in [0.29, 0.717) is 11.3 Å². The molecule has 0 aliphatic carbocycles. The fraction of sp³-hybridized carbons (Fsp3) is 0.421. The molecule has 0 N–H and O–H groups in total. The third kappa shape index (κ3) is 4.46. The molecular formula is C19H22N2O4S. The number of amides is 1. The molecule has 1 atom stereocenters. The predicted molar refractivity (Wildman–Crippen MR) is 97.9 cm³/mol. The number of carbonyl (C=O) groups excluding carboxylic acids is 2. The van der Waals surface area contributed by atoms with Crippen molar-refractivity contribution in [3.8, 4) is 0 Å². The molecule has 26 heavy (non-hydrogen) atoms. The molecule has 1 aromatic carbocycles. The lowest BCUT2D eigenvalue weighted by molar-refractivity contribution is -0.138. The first-order chi connectivity index (χ1) is 12.5. The Bertz CT molecular complexity index is 783. The molecule has 1 aliphatic heterocycles. The molecule has 0 saturated carbocycles. The highest BCUT2D eigenvalue weighted by atomic mass is 32.2. The summed E-state index contributed by atoms with van der Waals surface area (Å²) in [6, 6.07) is 9.09. The summed E-state index contributed by atoms with van der Waals surface area (Å²) in [6.07, 6.45) is 1.23. The first-order valence-corrected chi connectivity index (χ1v) is 9.67. The maximum absolute atomic E-state index is 12.6. The number of nitrogens with zero attached hydrogens (tertiary/aromatic N) is 2. The van der Waals surface area contributed by atoms with E-state index in [1.165, 1.54) is 11.8 Å². The number of thioether (sulfide) groups is 1. The zero-order valence-corrected chi connectivity index (χ0v) is 15.8. The van der Waals surface area contributed by atoms with E-state index in [9.17, 15) is 9.59 Å². The number of carbonyl (C=O) groups is 2. The van der Waals surface area contributed by atoms with E-state index in [0.717, 1.165) is 42.3 Å². The third-order valence-corrected chi connectivity index (χ3v) is 5.32. The van der Waals surface area contributed by atoms with Crippen molar-refractivity contribution >= 4 is 23.6 Å². The normalized spacial score (nSPS) is 15.1. The van der Waals surface area contributed by atoms with E-state index < -0.39 is 12.1 Å². The SMILES string of the molecule is Cc1cc(CSc2ccccc2C(=O)O[C@H](C)C(=O)N2CCCC2)no1. The van der Waals surface area contributed by atoms with Crippen molar-refractivity contribution in [2.24, 2.45) is 0 Å². The Morgan fingerprint density at radius 1 is 1.31 bits per heavy atom. The van der Waals surface area contributed by atoms with Gasteiger partial charge in [0, 0.05) is 29.8 Å². The third-order valence-electron chi connectivity index (χ3n) is 4.21. The quantitative estimate of drug-likeness (QED) is 0.570. The fourth-order valence-corrected chi connectivity index (χ4v) is 3.79. The monoisotopic (exact) mass is 374 g/mol. The summed E-state index contributed by atoms with van der Waals surface area (Å²) in [5.74, 6) is 0.732. The second-order valence-corrected chi connectivity index (χ2v) is 7.31. The van der Waals surface area contributed by atoms with Gasteiger partial charge < -0.3 is 14.2 Å². The van der Waals surface area contributed by atoms with Crippen LogP contribution >= 0.6 is 11.8 Å². The van der Waals surface area contributed by atoms with Crippen LogP contribution in [-0.2, 0) is 15.3 Å².